The molecule has 0 aliphatic heterocycles. The number of ether oxygens (including phenoxy) is 1. The highest BCUT2D eigenvalue weighted by atomic mass is 19.4. The number of aliphatic hydroxyl groups is 2. The van der Waals surface area contributed by atoms with Gasteiger partial charge in [-0.15, -0.1) is 0 Å². The van der Waals surface area contributed by atoms with Crippen molar-refractivity contribution in [1.29, 1.82) is 0 Å². The Hall–Kier alpha value is -2.84. The number of benzene rings is 2. The van der Waals surface area contributed by atoms with E-state index in [9.17, 15) is 23.4 Å². The van der Waals surface area contributed by atoms with Crippen LogP contribution in [0.25, 0.3) is 16.9 Å². The smallest absolute Gasteiger partial charge is 0.416 e. The van der Waals surface area contributed by atoms with Gasteiger partial charge in [-0.3, -0.25) is 0 Å². The fraction of sp³-hybridized carbons (Fsp3) is 0.348. The molecule has 8 heteroatoms. The molecule has 0 saturated heterocycles. The summed E-state index contributed by atoms with van der Waals surface area (Å²) in [4.78, 5) is 0. The van der Waals surface area contributed by atoms with Gasteiger partial charge in [-0.25, -0.2) is 4.68 Å². The normalized spacial score (nSPS) is 21.8. The number of rotatable bonds is 4. The summed E-state index contributed by atoms with van der Waals surface area (Å²) < 4.78 is 45.8. The molecule has 0 radical (unpaired) electrons. The molecular weight excluding hydrogens is 409 g/mol. The fourth-order valence-electron chi connectivity index (χ4n) is 3.90. The molecule has 0 unspecified atom stereocenters. The molecule has 1 saturated carbocycles. The Bertz CT molecular complexity index is 1040. The first kappa shape index (κ1) is 21.4. The van der Waals surface area contributed by atoms with Gasteiger partial charge in [-0.1, -0.05) is 12.1 Å². The first-order valence-corrected chi connectivity index (χ1v) is 10.0. The minimum absolute atomic E-state index is 0.361. The third-order valence-corrected chi connectivity index (χ3v) is 5.79. The summed E-state index contributed by atoms with van der Waals surface area (Å²) in [7, 11) is 1.56. The minimum Gasteiger partial charge on any atom is -0.497 e. The summed E-state index contributed by atoms with van der Waals surface area (Å²) in [6.07, 6.45) is -3.22. The number of aliphatic hydroxyl groups excluding tert-OH is 1. The molecule has 2 aromatic carbocycles. The molecule has 4 rings (SSSR count). The highest BCUT2D eigenvalue weighted by molar-refractivity contribution is 5.64. The van der Waals surface area contributed by atoms with E-state index in [0.717, 1.165) is 12.1 Å². The van der Waals surface area contributed by atoms with Crippen molar-refractivity contribution in [2.75, 3.05) is 7.11 Å². The molecular formula is C23H23F3N2O3. The molecule has 1 heterocycles. The van der Waals surface area contributed by atoms with Crippen LogP contribution in [0.3, 0.4) is 0 Å². The molecule has 1 fully saturated rings. The highest BCUT2D eigenvalue weighted by Gasteiger charge is 2.37. The first-order valence-electron chi connectivity index (χ1n) is 10.0. The second-order valence-corrected chi connectivity index (χ2v) is 7.86. The van der Waals surface area contributed by atoms with E-state index in [2.05, 4.69) is 5.10 Å². The Morgan fingerprint density at radius 3 is 2.19 bits per heavy atom. The highest BCUT2D eigenvalue weighted by Crippen LogP contribution is 2.39. The van der Waals surface area contributed by atoms with Crippen LogP contribution in [0, 0.1) is 0 Å². The Balaban J connectivity index is 1.79. The van der Waals surface area contributed by atoms with Gasteiger partial charge in [0.05, 0.1) is 35.9 Å². The third-order valence-electron chi connectivity index (χ3n) is 5.79. The lowest BCUT2D eigenvalue weighted by molar-refractivity contribution is -0.137. The third kappa shape index (κ3) is 4.31. The molecule has 0 amide bonds. The zero-order valence-corrected chi connectivity index (χ0v) is 16.9. The number of hydrogen-bond donors (Lipinski definition) is 2. The SMILES string of the molecule is COc1ccc(-n2nc(C3(O)CCC(O)CC3)cc2-c2ccc(C(F)(F)F)cc2)cc1. The van der Waals surface area contributed by atoms with E-state index in [1.54, 1.807) is 42.1 Å². The predicted molar refractivity (Wildman–Crippen MR) is 109 cm³/mol. The van der Waals surface area contributed by atoms with Crippen molar-refractivity contribution in [3.63, 3.8) is 0 Å². The molecule has 0 spiro atoms. The lowest BCUT2D eigenvalue weighted by Crippen LogP contribution is -2.33. The van der Waals surface area contributed by atoms with Gasteiger partial charge in [0.25, 0.3) is 0 Å². The molecule has 2 N–H and O–H groups in total. The Kier molecular flexibility index (Phi) is 5.53. The quantitative estimate of drug-likeness (QED) is 0.628. The molecule has 5 nitrogen and oxygen atoms in total. The lowest BCUT2D eigenvalue weighted by Gasteiger charge is -2.32. The van der Waals surface area contributed by atoms with E-state index in [1.807, 2.05) is 0 Å². The summed E-state index contributed by atoms with van der Waals surface area (Å²) in [5.41, 5.74) is 0.297. The average molecular weight is 432 g/mol. The van der Waals surface area contributed by atoms with Crippen LogP contribution in [-0.4, -0.2) is 33.2 Å². The summed E-state index contributed by atoms with van der Waals surface area (Å²) in [5.74, 6) is 0.659. The predicted octanol–water partition coefficient (Wildman–Crippen LogP) is 4.69. The maximum absolute atomic E-state index is 13.0. The maximum Gasteiger partial charge on any atom is 0.416 e. The van der Waals surface area contributed by atoms with E-state index >= 15 is 0 Å². The van der Waals surface area contributed by atoms with Crippen LogP contribution in [0.1, 0.15) is 36.9 Å². The summed E-state index contributed by atoms with van der Waals surface area (Å²) in [6.45, 7) is 0. The minimum atomic E-state index is -4.42. The van der Waals surface area contributed by atoms with Crippen molar-refractivity contribution in [3.05, 3.63) is 65.9 Å². The Morgan fingerprint density at radius 2 is 1.65 bits per heavy atom. The van der Waals surface area contributed by atoms with Gasteiger partial charge in [0.2, 0.25) is 0 Å². The number of alkyl halides is 3. The number of nitrogens with zero attached hydrogens (tertiary/aromatic N) is 2. The van der Waals surface area contributed by atoms with E-state index < -0.39 is 23.4 Å². The van der Waals surface area contributed by atoms with E-state index in [0.29, 0.717) is 54.1 Å². The van der Waals surface area contributed by atoms with E-state index in [4.69, 9.17) is 4.74 Å². The number of hydrogen-bond acceptors (Lipinski definition) is 4. The second-order valence-electron chi connectivity index (χ2n) is 7.86. The van der Waals surface area contributed by atoms with Crippen LogP contribution in [0.2, 0.25) is 0 Å². The largest absolute Gasteiger partial charge is 0.497 e. The zero-order chi connectivity index (χ0) is 22.2. The second kappa shape index (κ2) is 8.01. The van der Waals surface area contributed by atoms with Crippen LogP contribution >= 0.6 is 0 Å². The number of methoxy groups -OCH3 is 1. The fourth-order valence-corrected chi connectivity index (χ4v) is 3.90. The van der Waals surface area contributed by atoms with Gasteiger partial charge >= 0.3 is 6.18 Å². The number of halogens is 3. The van der Waals surface area contributed by atoms with Crippen LogP contribution in [-0.2, 0) is 11.8 Å². The van der Waals surface area contributed by atoms with Crippen LogP contribution in [0.5, 0.6) is 5.75 Å². The standard InChI is InChI=1S/C23H23F3N2O3/c1-31-19-8-6-17(7-9-19)28-20(15-2-4-16(5-3-15)23(24,25)26)14-21(27-28)22(30)12-10-18(29)11-13-22/h2-9,14,18,29-30H,10-13H2,1H3. The van der Waals surface area contributed by atoms with Crippen LogP contribution in [0.15, 0.2) is 54.6 Å². The molecule has 31 heavy (non-hydrogen) atoms. The molecule has 1 aromatic heterocycles. The van der Waals surface area contributed by atoms with Gasteiger partial charge < -0.3 is 14.9 Å². The summed E-state index contributed by atoms with van der Waals surface area (Å²) in [5, 5.41) is 25.6. The molecule has 3 aromatic rings. The molecule has 1 aliphatic rings. The van der Waals surface area contributed by atoms with Crippen molar-refractivity contribution in [2.24, 2.45) is 0 Å². The van der Waals surface area contributed by atoms with E-state index in [-0.39, 0.29) is 0 Å². The maximum atomic E-state index is 13.0. The first-order chi connectivity index (χ1) is 14.7. The van der Waals surface area contributed by atoms with Crippen molar-refractivity contribution in [3.8, 4) is 22.7 Å². The van der Waals surface area contributed by atoms with Gasteiger partial charge in [-0.2, -0.15) is 18.3 Å². The monoisotopic (exact) mass is 432 g/mol. The van der Waals surface area contributed by atoms with Crippen molar-refractivity contribution in [2.45, 2.75) is 43.6 Å². The van der Waals surface area contributed by atoms with Crippen molar-refractivity contribution in [1.82, 2.24) is 9.78 Å². The van der Waals surface area contributed by atoms with Gasteiger partial charge in [0.15, 0.2) is 0 Å². The van der Waals surface area contributed by atoms with Crippen molar-refractivity contribution >= 4 is 0 Å². The topological polar surface area (TPSA) is 67.5 Å². The molecule has 164 valence electrons. The molecule has 0 bridgehead atoms. The Morgan fingerprint density at radius 1 is 1.03 bits per heavy atom. The van der Waals surface area contributed by atoms with Crippen molar-refractivity contribution < 1.29 is 28.1 Å². The van der Waals surface area contributed by atoms with Gasteiger partial charge in [0, 0.05) is 5.56 Å². The summed E-state index contributed by atoms with van der Waals surface area (Å²) in [6, 6.07) is 13.7. The average Bonchev–Trinajstić information content (AvgIpc) is 3.22. The zero-order valence-electron chi connectivity index (χ0n) is 16.9. The van der Waals surface area contributed by atoms with Crippen LogP contribution in [0.4, 0.5) is 13.2 Å². The summed E-state index contributed by atoms with van der Waals surface area (Å²) >= 11 is 0. The molecule has 1 aliphatic carbocycles. The van der Waals surface area contributed by atoms with E-state index in [1.165, 1.54) is 12.1 Å². The van der Waals surface area contributed by atoms with Crippen LogP contribution < -0.4 is 4.74 Å². The molecule has 0 atom stereocenters. The Labute approximate surface area is 177 Å². The number of aromatic nitrogens is 2. The van der Waals surface area contributed by atoms with Gasteiger partial charge in [-0.05, 0) is 68.1 Å². The van der Waals surface area contributed by atoms with Gasteiger partial charge in [0.1, 0.15) is 11.4 Å². The lowest BCUT2D eigenvalue weighted by atomic mass is 9.81.